The molecule has 0 aromatic rings. The second kappa shape index (κ2) is 9.04. The molecule has 0 radical (unpaired) electrons. The van der Waals surface area contributed by atoms with Gasteiger partial charge in [-0.15, -0.1) is 0 Å². The van der Waals surface area contributed by atoms with Crippen LogP contribution < -0.4 is 5.32 Å². The average Bonchev–Trinajstić information content (AvgIpc) is 2.20. The van der Waals surface area contributed by atoms with Gasteiger partial charge in [-0.2, -0.15) is 0 Å². The molecule has 2 nitrogen and oxygen atoms in total. The summed E-state index contributed by atoms with van der Waals surface area (Å²) in [5.41, 5.74) is 0. The van der Waals surface area contributed by atoms with E-state index in [-0.39, 0.29) is 0 Å². The van der Waals surface area contributed by atoms with Crippen molar-refractivity contribution < 1.29 is 0 Å². The van der Waals surface area contributed by atoms with Crippen LogP contribution in [0.2, 0.25) is 0 Å². The summed E-state index contributed by atoms with van der Waals surface area (Å²) in [5.74, 6) is 0. The molecule has 0 bridgehead atoms. The van der Waals surface area contributed by atoms with Crippen molar-refractivity contribution in [3.63, 3.8) is 0 Å². The van der Waals surface area contributed by atoms with E-state index in [4.69, 9.17) is 0 Å². The second-order valence-electron chi connectivity index (χ2n) is 3.06. The van der Waals surface area contributed by atoms with Crippen LogP contribution in [-0.2, 0) is 0 Å². The first-order chi connectivity index (χ1) is 6.76. The van der Waals surface area contributed by atoms with E-state index in [1.54, 1.807) is 0 Å². The maximum absolute atomic E-state index is 3.75. The molecule has 0 saturated heterocycles. The fraction of sp³-hybridized carbons (Fsp3) is 0.545. The topological polar surface area (TPSA) is 15.3 Å². The van der Waals surface area contributed by atoms with Crippen molar-refractivity contribution in [1.82, 2.24) is 10.2 Å². The molecule has 0 heterocycles. The zero-order chi connectivity index (χ0) is 10.8. The predicted molar refractivity (Wildman–Crippen MR) is 65.6 cm³/mol. The Morgan fingerprint density at radius 1 is 1.43 bits per heavy atom. The van der Waals surface area contributed by atoms with Crippen molar-refractivity contribution in [3.8, 4) is 0 Å². The van der Waals surface area contributed by atoms with Crippen molar-refractivity contribution in [2.45, 2.75) is 19.8 Å². The third-order valence-corrected chi connectivity index (χ3v) is 2.66. The zero-order valence-corrected chi connectivity index (χ0v) is 10.7. The number of hydrogen-bond acceptors (Lipinski definition) is 2. The Kier molecular flexibility index (Phi) is 8.70. The van der Waals surface area contributed by atoms with E-state index >= 15 is 0 Å². The first-order valence-corrected chi connectivity index (χ1v) is 5.86. The Bertz CT molecular complexity index is 190. The summed E-state index contributed by atoms with van der Waals surface area (Å²) in [5, 5.41) is 3.25. The van der Waals surface area contributed by atoms with Crippen molar-refractivity contribution in [2.24, 2.45) is 0 Å². The molecule has 0 aliphatic rings. The van der Waals surface area contributed by atoms with Crippen LogP contribution in [-0.4, -0.2) is 44.8 Å². The van der Waals surface area contributed by atoms with Crippen molar-refractivity contribution in [3.05, 3.63) is 25.3 Å². The van der Waals surface area contributed by atoms with Crippen LogP contribution in [0.25, 0.3) is 0 Å². The molecular weight excluding hydrogens is 239 g/mol. The summed E-state index contributed by atoms with van der Waals surface area (Å²) in [7, 11) is 0. The number of nitrogens with one attached hydrogen (secondary N) is 1. The van der Waals surface area contributed by atoms with E-state index in [1.165, 1.54) is 12.8 Å². The molecule has 1 N–H and O–H groups in total. The van der Waals surface area contributed by atoms with Gasteiger partial charge in [-0.3, -0.25) is 0 Å². The summed E-state index contributed by atoms with van der Waals surface area (Å²) in [6.45, 7) is 12.4. The molecule has 0 unspecified atom stereocenters. The van der Waals surface area contributed by atoms with Crippen LogP contribution in [0.4, 0.5) is 0 Å². The molecule has 0 aliphatic carbocycles. The van der Waals surface area contributed by atoms with Gasteiger partial charge in [0.15, 0.2) is 0 Å². The molecule has 14 heavy (non-hydrogen) atoms. The molecule has 0 amide bonds. The standard InChI is InChI=1S/C11H20N2Se/c1-4-7-10-13(9-6-3)11(14)12-8-5-2/h5-6H,2-4,7-10H2,1H3,(H,12,14). The predicted octanol–water partition coefficient (Wildman–Crippen LogP) is 1.31. The van der Waals surface area contributed by atoms with E-state index in [9.17, 15) is 0 Å². The third-order valence-electron chi connectivity index (χ3n) is 1.82. The Morgan fingerprint density at radius 2 is 2.14 bits per heavy atom. The summed E-state index contributed by atoms with van der Waals surface area (Å²) in [6.07, 6.45) is 6.18. The van der Waals surface area contributed by atoms with Gasteiger partial charge in [0.25, 0.3) is 0 Å². The Balaban J connectivity index is 3.95. The van der Waals surface area contributed by atoms with E-state index in [0.717, 1.165) is 24.3 Å². The van der Waals surface area contributed by atoms with Crippen molar-refractivity contribution in [1.29, 1.82) is 0 Å². The van der Waals surface area contributed by atoms with Crippen LogP contribution in [0.3, 0.4) is 0 Å². The van der Waals surface area contributed by atoms with Gasteiger partial charge in [-0.1, -0.05) is 0 Å². The average molecular weight is 259 g/mol. The van der Waals surface area contributed by atoms with Gasteiger partial charge in [-0.25, -0.2) is 0 Å². The molecule has 0 aromatic heterocycles. The quantitative estimate of drug-likeness (QED) is 0.496. The van der Waals surface area contributed by atoms with E-state index in [1.807, 2.05) is 12.2 Å². The van der Waals surface area contributed by atoms with Gasteiger partial charge >= 0.3 is 95.2 Å². The van der Waals surface area contributed by atoms with Crippen molar-refractivity contribution >= 4 is 20.2 Å². The fourth-order valence-electron chi connectivity index (χ4n) is 1.05. The van der Waals surface area contributed by atoms with Crippen LogP contribution in [0, 0.1) is 0 Å². The summed E-state index contributed by atoms with van der Waals surface area (Å²) in [4.78, 5) is 2.25. The number of unbranched alkanes of at least 4 members (excludes halogenated alkanes) is 1. The van der Waals surface area contributed by atoms with Crippen molar-refractivity contribution in [2.75, 3.05) is 19.6 Å². The van der Waals surface area contributed by atoms with Gasteiger partial charge in [0.05, 0.1) is 0 Å². The monoisotopic (exact) mass is 260 g/mol. The summed E-state index contributed by atoms with van der Waals surface area (Å²) < 4.78 is 1.08. The number of rotatable bonds is 9. The second-order valence-corrected chi connectivity index (χ2v) is 3.87. The first-order valence-electron chi connectivity index (χ1n) is 5.00. The van der Waals surface area contributed by atoms with Gasteiger partial charge < -0.3 is 0 Å². The Hall–Kier alpha value is -0.531. The normalized spacial score (nSPS) is 9.21. The van der Waals surface area contributed by atoms with Crippen LogP contribution in [0.5, 0.6) is 0 Å². The molecule has 0 aliphatic heterocycles. The van der Waals surface area contributed by atoms with Gasteiger partial charge in [-0.05, 0) is 0 Å². The van der Waals surface area contributed by atoms with Crippen LogP contribution in [0.1, 0.15) is 19.8 Å². The molecule has 80 valence electrons. The van der Waals surface area contributed by atoms with Crippen LogP contribution >= 0.6 is 0 Å². The Morgan fingerprint density at radius 3 is 2.64 bits per heavy atom. The number of nitrogens with zero attached hydrogens (tertiary/aromatic N) is 1. The Labute approximate surface area is 95.4 Å². The maximum atomic E-state index is 3.75. The minimum atomic E-state index is 0.794. The number of hydrogen-bond donors (Lipinski definition) is 1. The third kappa shape index (κ3) is 6.00. The van der Waals surface area contributed by atoms with Gasteiger partial charge in [0.1, 0.15) is 0 Å². The molecule has 0 spiro atoms. The molecule has 0 fully saturated rings. The molecule has 0 aromatic carbocycles. The van der Waals surface area contributed by atoms with E-state index in [0.29, 0.717) is 0 Å². The summed E-state index contributed by atoms with van der Waals surface area (Å²) >= 11 is 3.04. The zero-order valence-electron chi connectivity index (χ0n) is 8.96. The summed E-state index contributed by atoms with van der Waals surface area (Å²) in [6, 6.07) is 0. The minimum absolute atomic E-state index is 0.794. The molecular formula is C11H20N2Se. The van der Waals surface area contributed by atoms with E-state index < -0.39 is 0 Å². The molecule has 0 rings (SSSR count). The van der Waals surface area contributed by atoms with E-state index in [2.05, 4.69) is 45.9 Å². The first kappa shape index (κ1) is 13.5. The fourth-order valence-corrected chi connectivity index (χ4v) is 1.57. The molecule has 0 saturated carbocycles. The van der Waals surface area contributed by atoms with Gasteiger partial charge in [0, 0.05) is 0 Å². The SMILES string of the molecule is C=CCNC(=[Se])N(CC=C)CCCC. The molecule has 0 atom stereocenters. The molecule has 3 heteroatoms. The van der Waals surface area contributed by atoms with Gasteiger partial charge in [0.2, 0.25) is 0 Å². The van der Waals surface area contributed by atoms with Crippen LogP contribution in [0.15, 0.2) is 25.3 Å².